The predicted octanol–water partition coefficient (Wildman–Crippen LogP) is 3.12. The van der Waals surface area contributed by atoms with Crippen molar-refractivity contribution in [3.63, 3.8) is 0 Å². The zero-order chi connectivity index (χ0) is 34.6. The maximum atomic E-state index is 13.6. The Morgan fingerprint density at radius 3 is 2.34 bits per heavy atom. The van der Waals surface area contributed by atoms with Gasteiger partial charge in [0.25, 0.3) is 5.91 Å². The maximum Gasteiger partial charge on any atom is 0.255 e. The van der Waals surface area contributed by atoms with Crippen molar-refractivity contribution in [1.29, 1.82) is 0 Å². The van der Waals surface area contributed by atoms with E-state index in [4.69, 9.17) is 4.74 Å². The van der Waals surface area contributed by atoms with Gasteiger partial charge in [0.15, 0.2) is 0 Å². The van der Waals surface area contributed by atoms with Crippen molar-refractivity contribution >= 4 is 29.5 Å². The number of para-hydroxylation sites is 1. The smallest absolute Gasteiger partial charge is 0.255 e. The molecule has 0 unspecified atom stereocenters. The van der Waals surface area contributed by atoms with Crippen LogP contribution in [0.5, 0.6) is 5.75 Å². The van der Waals surface area contributed by atoms with E-state index >= 15 is 0 Å². The Bertz CT molecular complexity index is 1400. The van der Waals surface area contributed by atoms with Gasteiger partial charge in [-0.1, -0.05) is 52.0 Å². The van der Waals surface area contributed by atoms with Crippen LogP contribution in [0.3, 0.4) is 0 Å². The summed E-state index contributed by atoms with van der Waals surface area (Å²) in [5, 5.41) is 14.1. The quantitative estimate of drug-likeness (QED) is 0.334. The minimum atomic E-state index is -1.11. The van der Waals surface area contributed by atoms with Crippen LogP contribution in [0, 0.1) is 11.7 Å². The van der Waals surface area contributed by atoms with E-state index in [1.165, 1.54) is 12.1 Å². The lowest BCUT2D eigenvalue weighted by molar-refractivity contribution is -0.130. The summed E-state index contributed by atoms with van der Waals surface area (Å²) in [4.78, 5) is 65.5. The van der Waals surface area contributed by atoms with Crippen molar-refractivity contribution in [3.05, 3.63) is 65.5 Å². The molecule has 0 saturated carbocycles. The normalized spacial score (nSPS) is 21.1. The van der Waals surface area contributed by atoms with Gasteiger partial charge in [-0.05, 0) is 61.9 Å². The Labute approximate surface area is 276 Å². The molecular weight excluding hydrogens is 605 g/mol. The molecule has 256 valence electrons. The lowest BCUT2D eigenvalue weighted by Gasteiger charge is -2.27. The predicted molar refractivity (Wildman–Crippen MR) is 176 cm³/mol. The molecule has 47 heavy (non-hydrogen) atoms. The molecule has 0 bridgehead atoms. The van der Waals surface area contributed by atoms with E-state index in [0.717, 1.165) is 5.56 Å². The Hall–Kier alpha value is -4.48. The van der Waals surface area contributed by atoms with Gasteiger partial charge in [0, 0.05) is 31.3 Å². The number of carbonyl (C=O) groups is 5. The molecule has 11 nitrogen and oxygen atoms in total. The molecule has 0 aromatic heterocycles. The number of benzene rings is 2. The Kier molecular flexibility index (Phi) is 13.7. The lowest BCUT2D eigenvalue weighted by atomic mass is 9.84. The molecule has 5 N–H and O–H groups in total. The van der Waals surface area contributed by atoms with Gasteiger partial charge in [0.2, 0.25) is 23.6 Å². The summed E-state index contributed by atoms with van der Waals surface area (Å²) in [5.41, 5.74) is 0.424. The topological polar surface area (TPSA) is 155 Å². The monoisotopic (exact) mass is 653 g/mol. The molecule has 0 saturated heterocycles. The molecule has 1 aliphatic rings. The molecule has 5 amide bonds. The second-order valence-corrected chi connectivity index (χ2v) is 13.0. The number of rotatable bonds is 5. The molecule has 0 fully saturated rings. The van der Waals surface area contributed by atoms with Crippen molar-refractivity contribution in [1.82, 2.24) is 26.6 Å². The average Bonchev–Trinajstić information content (AvgIpc) is 3.02. The van der Waals surface area contributed by atoms with Gasteiger partial charge in [0.05, 0.1) is 11.6 Å². The fourth-order valence-corrected chi connectivity index (χ4v) is 5.11. The molecule has 1 aliphatic heterocycles. The fourth-order valence-electron chi connectivity index (χ4n) is 5.11. The highest BCUT2D eigenvalue weighted by molar-refractivity contribution is 5.99. The van der Waals surface area contributed by atoms with E-state index in [2.05, 4.69) is 26.6 Å². The Balaban J connectivity index is 1.84. The molecule has 0 spiro atoms. The van der Waals surface area contributed by atoms with E-state index in [0.29, 0.717) is 19.4 Å². The standard InChI is InChI=1S/C35H48FN5O6/c1-22(2)31-34(46)37-19-9-8-12-29(42)39-23(3)20-47-28-11-7-6-10-26(28)32(44)40-27(17-18-30(43)41-31)33(45)38-21-35(4,5)24-13-15-25(36)16-14-24/h6-7,10-11,13-16,22-23,27,31H,8-9,12,17-21H2,1-5H3,(H,37,46)(H,38,45)(H,39,42)(H,40,44)(H,41,43)/t23-,27-,31+/m0/s1. The highest BCUT2D eigenvalue weighted by Crippen LogP contribution is 2.23. The third-order valence-electron chi connectivity index (χ3n) is 8.04. The van der Waals surface area contributed by atoms with Crippen LogP contribution < -0.4 is 31.3 Å². The summed E-state index contributed by atoms with van der Waals surface area (Å²) in [7, 11) is 0. The van der Waals surface area contributed by atoms with Gasteiger partial charge in [-0.3, -0.25) is 24.0 Å². The van der Waals surface area contributed by atoms with Crippen LogP contribution in [-0.4, -0.2) is 67.4 Å². The van der Waals surface area contributed by atoms with Gasteiger partial charge in [-0.15, -0.1) is 0 Å². The third-order valence-corrected chi connectivity index (χ3v) is 8.04. The summed E-state index contributed by atoms with van der Waals surface area (Å²) < 4.78 is 19.4. The fraction of sp³-hybridized carbons (Fsp3) is 0.514. The first-order valence-electron chi connectivity index (χ1n) is 16.2. The van der Waals surface area contributed by atoms with Crippen LogP contribution in [0.25, 0.3) is 0 Å². The Morgan fingerprint density at radius 1 is 0.957 bits per heavy atom. The zero-order valence-corrected chi connectivity index (χ0v) is 27.9. The third kappa shape index (κ3) is 11.7. The molecule has 0 radical (unpaired) electrons. The minimum Gasteiger partial charge on any atom is -0.491 e. The van der Waals surface area contributed by atoms with Crippen molar-refractivity contribution in [2.24, 2.45) is 5.92 Å². The molecule has 1 heterocycles. The van der Waals surface area contributed by atoms with Crippen molar-refractivity contribution in [2.75, 3.05) is 19.7 Å². The van der Waals surface area contributed by atoms with E-state index in [1.54, 1.807) is 43.3 Å². The number of carbonyl (C=O) groups excluding carboxylic acids is 5. The molecule has 3 rings (SSSR count). The summed E-state index contributed by atoms with van der Waals surface area (Å²) in [6.07, 6.45) is 1.23. The highest BCUT2D eigenvalue weighted by atomic mass is 19.1. The summed E-state index contributed by atoms with van der Waals surface area (Å²) in [6.45, 7) is 9.85. The SMILES string of the molecule is CC(C)[C@H]1NC(=O)CC[C@@H](C(=O)NCC(C)(C)c2ccc(F)cc2)NC(=O)c2ccccc2OC[C@H](C)NC(=O)CCCCNC1=O. The number of hydrogen-bond donors (Lipinski definition) is 5. The van der Waals surface area contributed by atoms with Crippen LogP contribution in [0.2, 0.25) is 0 Å². The molecule has 2 aromatic carbocycles. The maximum absolute atomic E-state index is 13.6. The summed E-state index contributed by atoms with van der Waals surface area (Å²) >= 11 is 0. The second kappa shape index (κ2) is 17.4. The first-order valence-corrected chi connectivity index (χ1v) is 16.2. The number of hydrogen-bond acceptors (Lipinski definition) is 6. The van der Waals surface area contributed by atoms with Gasteiger partial charge in [-0.25, -0.2) is 4.39 Å². The highest BCUT2D eigenvalue weighted by Gasteiger charge is 2.29. The van der Waals surface area contributed by atoms with Crippen LogP contribution in [0.15, 0.2) is 48.5 Å². The first kappa shape index (κ1) is 37.0. The van der Waals surface area contributed by atoms with Crippen LogP contribution in [0.4, 0.5) is 4.39 Å². The molecule has 3 atom stereocenters. The van der Waals surface area contributed by atoms with Gasteiger partial charge >= 0.3 is 0 Å². The number of nitrogens with one attached hydrogen (secondary N) is 5. The van der Waals surface area contributed by atoms with Gasteiger partial charge < -0.3 is 31.3 Å². The van der Waals surface area contributed by atoms with Crippen molar-refractivity contribution in [2.45, 2.75) is 90.3 Å². The van der Waals surface area contributed by atoms with E-state index in [-0.39, 0.29) is 73.3 Å². The minimum absolute atomic E-state index is 0.0428. The lowest BCUT2D eigenvalue weighted by Crippen LogP contribution is -2.51. The number of fused-ring (bicyclic) bond motifs is 1. The van der Waals surface area contributed by atoms with Crippen LogP contribution in [0.1, 0.15) is 82.6 Å². The first-order chi connectivity index (χ1) is 22.3. The van der Waals surface area contributed by atoms with Crippen LogP contribution in [-0.2, 0) is 24.6 Å². The van der Waals surface area contributed by atoms with Crippen molar-refractivity contribution < 1.29 is 33.1 Å². The van der Waals surface area contributed by atoms with Gasteiger partial charge in [0.1, 0.15) is 30.3 Å². The Morgan fingerprint density at radius 2 is 1.64 bits per heavy atom. The average molecular weight is 654 g/mol. The molecule has 12 heteroatoms. The summed E-state index contributed by atoms with van der Waals surface area (Å²) in [5.74, 6) is -2.34. The zero-order valence-electron chi connectivity index (χ0n) is 27.9. The molecule has 0 aliphatic carbocycles. The van der Waals surface area contributed by atoms with E-state index < -0.39 is 35.2 Å². The molecular formula is C35H48FN5O6. The van der Waals surface area contributed by atoms with Gasteiger partial charge in [-0.2, -0.15) is 0 Å². The second-order valence-electron chi connectivity index (χ2n) is 13.0. The van der Waals surface area contributed by atoms with E-state index in [9.17, 15) is 28.4 Å². The van der Waals surface area contributed by atoms with Crippen molar-refractivity contribution in [3.8, 4) is 5.75 Å². The van der Waals surface area contributed by atoms with Crippen LogP contribution >= 0.6 is 0 Å². The number of ether oxygens (including phenoxy) is 1. The molecule has 2 aromatic rings. The number of halogens is 1. The number of amides is 5. The largest absolute Gasteiger partial charge is 0.491 e. The van der Waals surface area contributed by atoms with E-state index in [1.807, 2.05) is 27.7 Å². The summed E-state index contributed by atoms with van der Waals surface area (Å²) in [6, 6.07) is 10.3.